The van der Waals surface area contributed by atoms with E-state index < -0.39 is 5.91 Å². The molecule has 0 aliphatic carbocycles. The van der Waals surface area contributed by atoms with Gasteiger partial charge in [0.05, 0.1) is 17.3 Å². The van der Waals surface area contributed by atoms with Crippen molar-refractivity contribution in [3.8, 4) is 0 Å². The van der Waals surface area contributed by atoms with Crippen molar-refractivity contribution >= 4 is 28.8 Å². The van der Waals surface area contributed by atoms with Crippen LogP contribution in [0.3, 0.4) is 0 Å². The van der Waals surface area contributed by atoms with Crippen LogP contribution in [0.5, 0.6) is 0 Å². The van der Waals surface area contributed by atoms with Crippen molar-refractivity contribution in [2.24, 2.45) is 0 Å². The number of aryl methyl sites for hydroxylation is 1. The molecule has 4 aromatic rings. The van der Waals surface area contributed by atoms with Crippen LogP contribution in [0, 0.1) is 6.92 Å². The lowest BCUT2D eigenvalue weighted by atomic mass is 10.3. The third-order valence-electron chi connectivity index (χ3n) is 3.94. The number of carbonyl (C=O) groups is 1. The molecule has 7 nitrogen and oxygen atoms in total. The number of imidazole rings is 1. The summed E-state index contributed by atoms with van der Waals surface area (Å²) in [6, 6.07) is 8.28. The van der Waals surface area contributed by atoms with Crippen molar-refractivity contribution < 1.29 is 4.79 Å². The largest absolute Gasteiger partial charge is 0.345 e. The minimum Gasteiger partial charge on any atom is -0.345 e. The van der Waals surface area contributed by atoms with Crippen molar-refractivity contribution in [2.45, 2.75) is 13.5 Å². The van der Waals surface area contributed by atoms with Gasteiger partial charge in [0.15, 0.2) is 0 Å². The first-order chi connectivity index (χ1) is 12.5. The molecule has 1 amide bonds. The fraction of sp³-hybridized carbons (Fsp3) is 0.111. The first kappa shape index (κ1) is 16.3. The molecule has 130 valence electrons. The number of pyridine rings is 2. The minimum absolute atomic E-state index is 0.0527. The van der Waals surface area contributed by atoms with E-state index >= 15 is 0 Å². The fourth-order valence-corrected chi connectivity index (χ4v) is 2.86. The summed E-state index contributed by atoms with van der Waals surface area (Å²) < 4.78 is 3.20. The van der Waals surface area contributed by atoms with Gasteiger partial charge in [-0.05, 0) is 30.7 Å². The molecule has 0 radical (unpaired) electrons. The Morgan fingerprint density at radius 2 is 1.92 bits per heavy atom. The summed E-state index contributed by atoms with van der Waals surface area (Å²) in [7, 11) is 0. The number of hydrogen-bond acceptors (Lipinski definition) is 4. The number of carbonyl (C=O) groups excluding carboxylic acids is 1. The Balaban J connectivity index is 1.56. The maximum atomic E-state index is 12.4. The molecule has 0 saturated carbocycles. The highest BCUT2D eigenvalue weighted by Gasteiger charge is 2.11. The van der Waals surface area contributed by atoms with E-state index in [2.05, 4.69) is 15.3 Å². The Hall–Kier alpha value is -3.19. The highest BCUT2D eigenvalue weighted by molar-refractivity contribution is 6.30. The Kier molecular flexibility index (Phi) is 3.93. The van der Waals surface area contributed by atoms with Crippen LogP contribution in [-0.2, 0) is 6.54 Å². The van der Waals surface area contributed by atoms with Crippen LogP contribution >= 0.6 is 11.6 Å². The summed E-state index contributed by atoms with van der Waals surface area (Å²) in [6.07, 6.45) is 5.28. The number of rotatable bonds is 3. The van der Waals surface area contributed by atoms with E-state index in [0.717, 1.165) is 11.2 Å². The van der Waals surface area contributed by atoms with E-state index in [0.29, 0.717) is 16.4 Å². The van der Waals surface area contributed by atoms with E-state index in [1.807, 2.05) is 35.9 Å². The molecule has 0 aliphatic rings. The molecule has 4 aromatic heterocycles. The average Bonchev–Trinajstić information content (AvgIpc) is 3.02. The monoisotopic (exact) mass is 367 g/mol. The van der Waals surface area contributed by atoms with E-state index in [-0.39, 0.29) is 17.8 Å². The Bertz CT molecular complexity index is 1210. The molecule has 1 N–H and O–H groups in total. The van der Waals surface area contributed by atoms with E-state index in [1.165, 1.54) is 16.7 Å². The number of halogens is 1. The second-order valence-corrected chi connectivity index (χ2v) is 6.38. The Morgan fingerprint density at radius 1 is 1.12 bits per heavy atom. The van der Waals surface area contributed by atoms with E-state index in [9.17, 15) is 9.59 Å². The molecular weight excluding hydrogens is 354 g/mol. The number of aromatic nitrogens is 4. The van der Waals surface area contributed by atoms with Crippen LogP contribution in [0.2, 0.25) is 5.02 Å². The molecular formula is C18H14ClN5O2. The maximum Gasteiger partial charge on any atom is 0.270 e. The zero-order valence-electron chi connectivity index (χ0n) is 13.8. The summed E-state index contributed by atoms with van der Waals surface area (Å²) in [4.78, 5) is 33.2. The summed E-state index contributed by atoms with van der Waals surface area (Å²) in [5, 5.41) is 3.16. The zero-order chi connectivity index (χ0) is 18.3. The van der Waals surface area contributed by atoms with Gasteiger partial charge in [-0.3, -0.25) is 14.0 Å². The SMILES string of the molecule is Cc1ccc2nc(CNC(=O)c3cc(=O)n4cc(Cl)ccc4n3)cn2c1. The number of fused-ring (bicyclic) bond motifs is 2. The van der Waals surface area contributed by atoms with Gasteiger partial charge in [-0.1, -0.05) is 17.7 Å². The molecule has 0 fully saturated rings. The lowest BCUT2D eigenvalue weighted by molar-refractivity contribution is 0.0945. The fourth-order valence-electron chi connectivity index (χ4n) is 2.70. The van der Waals surface area contributed by atoms with Gasteiger partial charge in [0.2, 0.25) is 0 Å². The third-order valence-corrected chi connectivity index (χ3v) is 4.16. The lowest BCUT2D eigenvalue weighted by Gasteiger charge is -2.05. The second-order valence-electron chi connectivity index (χ2n) is 5.94. The molecule has 0 atom stereocenters. The van der Waals surface area contributed by atoms with Crippen molar-refractivity contribution in [1.29, 1.82) is 0 Å². The van der Waals surface area contributed by atoms with Crippen LogP contribution in [0.4, 0.5) is 0 Å². The Labute approximate surface area is 152 Å². The summed E-state index contributed by atoms with van der Waals surface area (Å²) in [5.74, 6) is -0.437. The van der Waals surface area contributed by atoms with Crippen molar-refractivity contribution in [3.63, 3.8) is 0 Å². The first-order valence-electron chi connectivity index (χ1n) is 7.91. The van der Waals surface area contributed by atoms with Gasteiger partial charge in [-0.2, -0.15) is 0 Å². The number of amides is 1. The molecule has 0 bridgehead atoms. The van der Waals surface area contributed by atoms with Gasteiger partial charge in [0.25, 0.3) is 11.5 Å². The zero-order valence-corrected chi connectivity index (χ0v) is 14.6. The molecule has 0 aromatic carbocycles. The first-order valence-corrected chi connectivity index (χ1v) is 8.29. The second kappa shape index (κ2) is 6.27. The van der Waals surface area contributed by atoms with Crippen LogP contribution < -0.4 is 10.9 Å². The van der Waals surface area contributed by atoms with Crippen LogP contribution in [0.25, 0.3) is 11.3 Å². The quantitative estimate of drug-likeness (QED) is 0.602. The third kappa shape index (κ3) is 3.04. The average molecular weight is 368 g/mol. The number of hydrogen-bond donors (Lipinski definition) is 1. The van der Waals surface area contributed by atoms with E-state index in [1.54, 1.807) is 12.1 Å². The topological polar surface area (TPSA) is 80.8 Å². The highest BCUT2D eigenvalue weighted by Crippen LogP contribution is 2.09. The van der Waals surface area contributed by atoms with Gasteiger partial charge >= 0.3 is 0 Å². The molecule has 0 saturated heterocycles. The molecule has 8 heteroatoms. The minimum atomic E-state index is -0.437. The van der Waals surface area contributed by atoms with E-state index in [4.69, 9.17) is 11.6 Å². The van der Waals surface area contributed by atoms with Crippen LogP contribution in [0.15, 0.2) is 53.7 Å². The van der Waals surface area contributed by atoms with Gasteiger partial charge < -0.3 is 9.72 Å². The van der Waals surface area contributed by atoms with Gasteiger partial charge in [0, 0.05) is 24.7 Å². The Morgan fingerprint density at radius 3 is 2.77 bits per heavy atom. The predicted octanol–water partition coefficient (Wildman–Crippen LogP) is 2.23. The van der Waals surface area contributed by atoms with Crippen LogP contribution in [0.1, 0.15) is 21.7 Å². The van der Waals surface area contributed by atoms with Crippen molar-refractivity contribution in [1.82, 2.24) is 24.1 Å². The molecule has 0 aliphatic heterocycles. The summed E-state index contributed by atoms with van der Waals surface area (Å²) >= 11 is 5.88. The van der Waals surface area contributed by atoms with Gasteiger partial charge in [0.1, 0.15) is 17.0 Å². The molecule has 0 unspecified atom stereocenters. The van der Waals surface area contributed by atoms with Crippen molar-refractivity contribution in [3.05, 3.63) is 81.3 Å². The number of nitrogens with zero attached hydrogens (tertiary/aromatic N) is 4. The normalized spacial score (nSPS) is 11.2. The molecule has 4 heterocycles. The van der Waals surface area contributed by atoms with Crippen LogP contribution in [-0.4, -0.2) is 24.7 Å². The summed E-state index contributed by atoms with van der Waals surface area (Å²) in [6.45, 7) is 2.24. The van der Waals surface area contributed by atoms with Crippen molar-refractivity contribution in [2.75, 3.05) is 0 Å². The highest BCUT2D eigenvalue weighted by atomic mass is 35.5. The van der Waals surface area contributed by atoms with Gasteiger partial charge in [-0.15, -0.1) is 0 Å². The summed E-state index contributed by atoms with van der Waals surface area (Å²) in [5.41, 5.74) is 2.68. The molecule has 26 heavy (non-hydrogen) atoms. The number of nitrogens with one attached hydrogen (secondary N) is 1. The molecule has 4 rings (SSSR count). The van der Waals surface area contributed by atoms with Gasteiger partial charge in [-0.25, -0.2) is 9.97 Å². The predicted molar refractivity (Wildman–Crippen MR) is 97.6 cm³/mol. The lowest BCUT2D eigenvalue weighted by Crippen LogP contribution is -2.27. The maximum absolute atomic E-state index is 12.4. The smallest absolute Gasteiger partial charge is 0.270 e. The standard InChI is InChI=1S/C18H14ClN5O2/c1-11-2-4-15-21-13(10-23(15)8-11)7-20-18(26)14-6-17(25)24-9-12(19)3-5-16(24)22-14/h2-6,8-10H,7H2,1H3,(H,20,26). The molecule has 0 spiro atoms.